The van der Waals surface area contributed by atoms with Gasteiger partial charge in [0.25, 0.3) is 0 Å². The fourth-order valence-corrected chi connectivity index (χ4v) is 3.44. The van der Waals surface area contributed by atoms with Crippen LogP contribution in [-0.2, 0) is 16.0 Å². The summed E-state index contributed by atoms with van der Waals surface area (Å²) in [4.78, 5) is 16.6. The average molecular weight is 377 g/mol. The van der Waals surface area contributed by atoms with Crippen LogP contribution in [0.2, 0.25) is 0 Å². The van der Waals surface area contributed by atoms with Crippen molar-refractivity contribution in [1.82, 2.24) is 9.80 Å². The minimum atomic E-state index is -0.275. The van der Waals surface area contributed by atoms with Crippen LogP contribution in [0.3, 0.4) is 0 Å². The molecule has 5 heteroatoms. The first-order valence-electron chi connectivity index (χ1n) is 10.0. The summed E-state index contributed by atoms with van der Waals surface area (Å²) >= 11 is 0. The summed E-state index contributed by atoms with van der Waals surface area (Å²) in [5.41, 5.74) is 0.852. The van der Waals surface area contributed by atoms with Crippen LogP contribution < -0.4 is 0 Å². The number of carbonyl (C=O) groups excluding carboxylic acids is 1. The van der Waals surface area contributed by atoms with E-state index in [4.69, 9.17) is 4.74 Å². The van der Waals surface area contributed by atoms with Crippen molar-refractivity contribution in [3.63, 3.8) is 0 Å². The van der Waals surface area contributed by atoms with Gasteiger partial charge in [0.2, 0.25) is 5.91 Å². The fourth-order valence-electron chi connectivity index (χ4n) is 3.44. The molecule has 1 atom stereocenters. The van der Waals surface area contributed by atoms with Crippen LogP contribution in [0.4, 0.5) is 4.39 Å². The normalized spacial score (nSPS) is 16.5. The molecule has 0 spiro atoms. The lowest BCUT2D eigenvalue weighted by atomic mass is 10.1. The van der Waals surface area contributed by atoms with E-state index in [2.05, 4.69) is 25.5 Å². The fraction of sp³-hybridized carbons (Fsp3) is 0.591. The number of unbranched alkanes of at least 4 members (excludes halogenated alkanes) is 1. The van der Waals surface area contributed by atoms with Crippen LogP contribution in [0.25, 0.3) is 0 Å². The summed E-state index contributed by atoms with van der Waals surface area (Å²) in [5, 5.41) is 0. The van der Waals surface area contributed by atoms with Gasteiger partial charge in [-0.15, -0.1) is 6.58 Å². The highest BCUT2D eigenvalue weighted by atomic mass is 19.1. The van der Waals surface area contributed by atoms with Gasteiger partial charge in [-0.1, -0.05) is 31.6 Å². The summed E-state index contributed by atoms with van der Waals surface area (Å²) < 4.78 is 19.4. The Morgan fingerprint density at radius 3 is 2.63 bits per heavy atom. The van der Waals surface area contributed by atoms with E-state index in [1.54, 1.807) is 12.1 Å². The van der Waals surface area contributed by atoms with Gasteiger partial charge in [0.1, 0.15) is 12.0 Å². The molecular formula is C22H33FN2O2. The van der Waals surface area contributed by atoms with Crippen molar-refractivity contribution < 1.29 is 13.9 Å². The quantitative estimate of drug-likeness (QED) is 0.457. The largest absolute Gasteiger partial charge is 0.360 e. The van der Waals surface area contributed by atoms with Gasteiger partial charge in [-0.25, -0.2) is 4.39 Å². The first kappa shape index (κ1) is 21.6. The molecule has 0 radical (unpaired) electrons. The summed E-state index contributed by atoms with van der Waals surface area (Å²) in [6.07, 6.45) is 7.55. The highest BCUT2D eigenvalue weighted by Crippen LogP contribution is 2.20. The standard InChI is InChI=1S/C22H33FN2O2/c1-4-6-7-22(24(3)14-5-2)27-20-12-15-25(16-13-20)21(26)17-18-8-10-19(23)11-9-18/h5,8-11,20,22H,2,4,6-7,12-17H2,1,3H3. The van der Waals surface area contributed by atoms with Gasteiger partial charge in [-0.2, -0.15) is 0 Å². The zero-order chi connectivity index (χ0) is 19.6. The summed E-state index contributed by atoms with van der Waals surface area (Å²) in [6, 6.07) is 6.16. The molecule has 27 heavy (non-hydrogen) atoms. The monoisotopic (exact) mass is 376 g/mol. The third-order valence-corrected chi connectivity index (χ3v) is 5.13. The Kier molecular flexibility index (Phi) is 8.95. The Hall–Kier alpha value is -1.72. The van der Waals surface area contributed by atoms with Crippen LogP contribution in [-0.4, -0.2) is 54.7 Å². The molecule has 1 aliphatic heterocycles. The lowest BCUT2D eigenvalue weighted by Crippen LogP contribution is -2.44. The molecule has 1 heterocycles. The van der Waals surface area contributed by atoms with E-state index in [-0.39, 0.29) is 24.1 Å². The molecular weight excluding hydrogens is 343 g/mol. The number of likely N-dealkylation sites (N-methyl/N-ethyl adjacent to an activating group) is 1. The van der Waals surface area contributed by atoms with Crippen LogP contribution in [0.5, 0.6) is 0 Å². The molecule has 1 amide bonds. The van der Waals surface area contributed by atoms with Crippen molar-refractivity contribution in [3.05, 3.63) is 48.3 Å². The second-order valence-electron chi connectivity index (χ2n) is 7.34. The van der Waals surface area contributed by atoms with E-state index in [9.17, 15) is 9.18 Å². The lowest BCUT2D eigenvalue weighted by molar-refractivity contribution is -0.137. The van der Waals surface area contributed by atoms with Crippen LogP contribution in [0.15, 0.2) is 36.9 Å². The minimum absolute atomic E-state index is 0.103. The van der Waals surface area contributed by atoms with Crippen molar-refractivity contribution in [3.8, 4) is 0 Å². The van der Waals surface area contributed by atoms with Crippen molar-refractivity contribution in [2.24, 2.45) is 0 Å². The molecule has 1 unspecified atom stereocenters. The topological polar surface area (TPSA) is 32.8 Å². The Labute approximate surface area is 163 Å². The summed E-state index contributed by atoms with van der Waals surface area (Å²) in [7, 11) is 2.07. The first-order chi connectivity index (χ1) is 13.0. The first-order valence-corrected chi connectivity index (χ1v) is 10.0. The molecule has 1 aromatic rings. The van der Waals surface area contributed by atoms with Gasteiger partial charge in [0.15, 0.2) is 0 Å². The Balaban J connectivity index is 1.81. The molecule has 1 fully saturated rings. The van der Waals surface area contributed by atoms with E-state index in [1.165, 1.54) is 12.1 Å². The van der Waals surface area contributed by atoms with Crippen molar-refractivity contribution in [2.75, 3.05) is 26.7 Å². The molecule has 0 N–H and O–H groups in total. The van der Waals surface area contributed by atoms with Gasteiger partial charge in [0.05, 0.1) is 12.5 Å². The molecule has 0 bridgehead atoms. The number of hydrogen-bond donors (Lipinski definition) is 0. The SMILES string of the molecule is C=CCN(C)C(CCCC)OC1CCN(C(=O)Cc2ccc(F)cc2)CC1. The summed E-state index contributed by atoms with van der Waals surface area (Å²) in [5.74, 6) is -0.172. The second kappa shape index (κ2) is 11.2. The number of likely N-dealkylation sites (tertiary alicyclic amines) is 1. The van der Waals surface area contributed by atoms with Gasteiger partial charge >= 0.3 is 0 Å². The van der Waals surface area contributed by atoms with Crippen molar-refractivity contribution in [1.29, 1.82) is 0 Å². The van der Waals surface area contributed by atoms with Crippen LogP contribution in [0, 0.1) is 5.82 Å². The number of halogens is 1. The molecule has 0 saturated carbocycles. The summed E-state index contributed by atoms with van der Waals surface area (Å²) in [6.45, 7) is 8.25. The molecule has 1 aromatic carbocycles. The zero-order valence-electron chi connectivity index (χ0n) is 16.7. The van der Waals surface area contributed by atoms with Gasteiger partial charge in [-0.05, 0) is 50.4 Å². The molecule has 150 valence electrons. The van der Waals surface area contributed by atoms with E-state index in [1.807, 2.05) is 11.0 Å². The Morgan fingerprint density at radius 1 is 1.37 bits per heavy atom. The third kappa shape index (κ3) is 7.07. The second-order valence-corrected chi connectivity index (χ2v) is 7.34. The minimum Gasteiger partial charge on any atom is -0.360 e. The maximum atomic E-state index is 13.0. The van der Waals surface area contributed by atoms with Crippen LogP contribution >= 0.6 is 0 Å². The predicted octanol–water partition coefficient (Wildman–Crippen LogP) is 4.01. The van der Waals surface area contributed by atoms with Gasteiger partial charge in [0, 0.05) is 19.6 Å². The van der Waals surface area contributed by atoms with Gasteiger partial charge in [-0.3, -0.25) is 9.69 Å². The Morgan fingerprint density at radius 2 is 2.04 bits per heavy atom. The highest BCUT2D eigenvalue weighted by molar-refractivity contribution is 5.78. The molecule has 0 aromatic heterocycles. The molecule has 4 nitrogen and oxygen atoms in total. The van der Waals surface area contributed by atoms with Crippen molar-refractivity contribution in [2.45, 2.75) is 57.8 Å². The number of rotatable bonds is 10. The third-order valence-electron chi connectivity index (χ3n) is 5.13. The smallest absolute Gasteiger partial charge is 0.226 e. The Bertz CT molecular complexity index is 582. The zero-order valence-corrected chi connectivity index (χ0v) is 16.7. The number of hydrogen-bond acceptors (Lipinski definition) is 3. The van der Waals surface area contributed by atoms with Crippen LogP contribution in [0.1, 0.15) is 44.6 Å². The highest BCUT2D eigenvalue weighted by Gasteiger charge is 2.26. The molecule has 1 aliphatic rings. The van der Waals surface area contributed by atoms with E-state index in [0.29, 0.717) is 6.42 Å². The number of piperidine rings is 1. The van der Waals surface area contributed by atoms with Gasteiger partial charge < -0.3 is 9.64 Å². The number of amides is 1. The number of carbonyl (C=O) groups is 1. The molecule has 2 rings (SSSR count). The van der Waals surface area contributed by atoms with E-state index in [0.717, 1.165) is 57.3 Å². The van der Waals surface area contributed by atoms with Crippen molar-refractivity contribution >= 4 is 5.91 Å². The number of benzene rings is 1. The molecule has 1 saturated heterocycles. The number of nitrogens with zero attached hydrogens (tertiary/aromatic N) is 2. The van der Waals surface area contributed by atoms with E-state index < -0.39 is 0 Å². The maximum Gasteiger partial charge on any atom is 0.226 e. The lowest BCUT2D eigenvalue weighted by Gasteiger charge is -2.36. The predicted molar refractivity (Wildman–Crippen MR) is 107 cm³/mol. The maximum absolute atomic E-state index is 13.0. The molecule has 0 aliphatic carbocycles. The average Bonchev–Trinajstić information content (AvgIpc) is 2.67. The number of ether oxygens (including phenoxy) is 1. The van der Waals surface area contributed by atoms with E-state index >= 15 is 0 Å².